The average Bonchev–Trinajstić information content (AvgIpc) is 2.43. The molecular weight excluding hydrogens is 250 g/mol. The van der Waals surface area contributed by atoms with Gasteiger partial charge in [0.1, 0.15) is 5.38 Å². The number of amides is 1. The fourth-order valence-corrected chi connectivity index (χ4v) is 1.86. The maximum Gasteiger partial charge on any atom is 0.245 e. The Kier molecular flexibility index (Phi) is 6.47. The molecule has 18 heavy (non-hydrogen) atoms. The zero-order chi connectivity index (χ0) is 13.4. The van der Waals surface area contributed by atoms with Crippen molar-refractivity contribution in [2.45, 2.75) is 5.38 Å². The predicted octanol–water partition coefficient (Wildman–Crippen LogP) is 2.63. The first-order chi connectivity index (χ1) is 8.70. The van der Waals surface area contributed by atoms with E-state index < -0.39 is 5.38 Å². The van der Waals surface area contributed by atoms with Crippen LogP contribution in [0.2, 0.25) is 0 Å². The molecule has 0 radical (unpaired) electrons. The second-order valence-corrected chi connectivity index (χ2v) is 4.28. The van der Waals surface area contributed by atoms with Gasteiger partial charge in [-0.2, -0.15) is 0 Å². The number of hydrogen-bond acceptors (Lipinski definition) is 2. The lowest BCUT2D eigenvalue weighted by Crippen LogP contribution is -2.36. The number of methoxy groups -OCH3 is 1. The Morgan fingerprint density at radius 1 is 1.50 bits per heavy atom. The molecule has 0 heterocycles. The standard InChI is InChI=1S/C14H18ClNO2/c1-3-9-16(10-11-18-2)14(17)13(15)12-7-5-4-6-8-12/h3-8,13H,1,9-11H2,2H3. The molecular formula is C14H18ClNO2. The monoisotopic (exact) mass is 267 g/mol. The molecule has 1 aromatic rings. The van der Waals surface area contributed by atoms with Gasteiger partial charge in [-0.05, 0) is 5.56 Å². The van der Waals surface area contributed by atoms with Gasteiger partial charge >= 0.3 is 0 Å². The second-order valence-electron chi connectivity index (χ2n) is 3.84. The molecule has 98 valence electrons. The summed E-state index contributed by atoms with van der Waals surface area (Å²) >= 11 is 6.20. The molecule has 0 spiro atoms. The van der Waals surface area contributed by atoms with Gasteiger partial charge in [0.15, 0.2) is 0 Å². The Morgan fingerprint density at radius 2 is 2.17 bits per heavy atom. The summed E-state index contributed by atoms with van der Waals surface area (Å²) in [4.78, 5) is 13.9. The van der Waals surface area contributed by atoms with Crippen LogP contribution in [0.15, 0.2) is 43.0 Å². The Morgan fingerprint density at radius 3 is 2.72 bits per heavy atom. The topological polar surface area (TPSA) is 29.5 Å². The van der Waals surface area contributed by atoms with Crippen LogP contribution in [0.4, 0.5) is 0 Å². The number of hydrogen-bond donors (Lipinski definition) is 0. The highest BCUT2D eigenvalue weighted by Gasteiger charge is 2.22. The van der Waals surface area contributed by atoms with Crippen LogP contribution < -0.4 is 0 Å². The largest absolute Gasteiger partial charge is 0.383 e. The number of alkyl halides is 1. The lowest BCUT2D eigenvalue weighted by molar-refractivity contribution is -0.131. The van der Waals surface area contributed by atoms with Gasteiger partial charge in [0, 0.05) is 20.2 Å². The summed E-state index contributed by atoms with van der Waals surface area (Å²) in [5.41, 5.74) is 0.802. The van der Waals surface area contributed by atoms with Crippen LogP contribution in [-0.4, -0.2) is 37.6 Å². The molecule has 0 aliphatic heterocycles. The normalized spacial score (nSPS) is 11.9. The molecule has 3 nitrogen and oxygen atoms in total. The first-order valence-electron chi connectivity index (χ1n) is 5.78. The van der Waals surface area contributed by atoms with Gasteiger partial charge in [0.25, 0.3) is 0 Å². The summed E-state index contributed by atoms with van der Waals surface area (Å²) in [5, 5.41) is -0.664. The predicted molar refractivity (Wildman–Crippen MR) is 73.7 cm³/mol. The molecule has 0 aliphatic carbocycles. The maximum absolute atomic E-state index is 12.2. The van der Waals surface area contributed by atoms with Crippen LogP contribution >= 0.6 is 11.6 Å². The third kappa shape index (κ3) is 4.17. The number of carbonyl (C=O) groups is 1. The number of halogens is 1. The van der Waals surface area contributed by atoms with E-state index in [0.717, 1.165) is 5.56 Å². The number of carbonyl (C=O) groups excluding carboxylic acids is 1. The molecule has 0 aliphatic rings. The molecule has 0 saturated heterocycles. The van der Waals surface area contributed by atoms with Crippen LogP contribution in [0.5, 0.6) is 0 Å². The van der Waals surface area contributed by atoms with E-state index in [-0.39, 0.29) is 5.91 Å². The van der Waals surface area contributed by atoms with Crippen molar-refractivity contribution in [3.63, 3.8) is 0 Å². The van der Waals surface area contributed by atoms with Gasteiger partial charge in [0.05, 0.1) is 6.61 Å². The molecule has 1 atom stereocenters. The third-order valence-corrected chi connectivity index (χ3v) is 2.97. The van der Waals surface area contributed by atoms with Crippen LogP contribution in [0.3, 0.4) is 0 Å². The summed E-state index contributed by atoms with van der Waals surface area (Å²) in [6, 6.07) is 9.32. The van der Waals surface area contributed by atoms with E-state index in [1.807, 2.05) is 30.3 Å². The van der Waals surface area contributed by atoms with E-state index in [1.54, 1.807) is 18.1 Å². The van der Waals surface area contributed by atoms with E-state index in [1.165, 1.54) is 0 Å². The molecule has 1 rings (SSSR count). The van der Waals surface area contributed by atoms with E-state index in [0.29, 0.717) is 19.7 Å². The van der Waals surface area contributed by atoms with Gasteiger partial charge in [-0.3, -0.25) is 4.79 Å². The smallest absolute Gasteiger partial charge is 0.245 e. The van der Waals surface area contributed by atoms with Gasteiger partial charge < -0.3 is 9.64 Å². The minimum atomic E-state index is -0.664. The van der Waals surface area contributed by atoms with Gasteiger partial charge in [-0.15, -0.1) is 18.2 Å². The number of rotatable bonds is 7. The molecule has 4 heteroatoms. The zero-order valence-corrected chi connectivity index (χ0v) is 11.3. The number of nitrogens with zero attached hydrogens (tertiary/aromatic N) is 1. The molecule has 0 aromatic heterocycles. The minimum absolute atomic E-state index is 0.125. The molecule has 0 N–H and O–H groups in total. The number of ether oxygens (including phenoxy) is 1. The third-order valence-electron chi connectivity index (χ3n) is 2.54. The maximum atomic E-state index is 12.2. The Balaban J connectivity index is 2.72. The SMILES string of the molecule is C=CCN(CCOC)C(=O)C(Cl)c1ccccc1. The van der Waals surface area contributed by atoms with E-state index >= 15 is 0 Å². The van der Waals surface area contributed by atoms with Crippen molar-refractivity contribution in [3.8, 4) is 0 Å². The van der Waals surface area contributed by atoms with Crippen LogP contribution in [0.1, 0.15) is 10.9 Å². The molecule has 0 fully saturated rings. The Bertz CT molecular complexity index is 381. The first-order valence-corrected chi connectivity index (χ1v) is 6.22. The van der Waals surface area contributed by atoms with Crippen LogP contribution in [0, 0.1) is 0 Å². The van der Waals surface area contributed by atoms with Gasteiger partial charge in [-0.25, -0.2) is 0 Å². The molecule has 0 bridgehead atoms. The summed E-state index contributed by atoms with van der Waals surface area (Å²) in [6.45, 7) is 5.11. The minimum Gasteiger partial charge on any atom is -0.383 e. The molecule has 1 aromatic carbocycles. The fraction of sp³-hybridized carbons (Fsp3) is 0.357. The molecule has 1 unspecified atom stereocenters. The van der Waals surface area contributed by atoms with Crippen molar-refractivity contribution in [2.75, 3.05) is 26.8 Å². The first kappa shape index (κ1) is 14.7. The van der Waals surface area contributed by atoms with Crippen molar-refractivity contribution < 1.29 is 9.53 Å². The molecule has 1 amide bonds. The van der Waals surface area contributed by atoms with Crippen molar-refractivity contribution >= 4 is 17.5 Å². The van der Waals surface area contributed by atoms with Crippen molar-refractivity contribution in [3.05, 3.63) is 48.6 Å². The van der Waals surface area contributed by atoms with Crippen molar-refractivity contribution in [2.24, 2.45) is 0 Å². The fourth-order valence-electron chi connectivity index (χ4n) is 1.57. The summed E-state index contributed by atoms with van der Waals surface area (Å²) < 4.78 is 4.98. The Hall–Kier alpha value is -1.32. The van der Waals surface area contributed by atoms with Crippen LogP contribution in [-0.2, 0) is 9.53 Å². The van der Waals surface area contributed by atoms with Gasteiger partial charge in [0.2, 0.25) is 5.91 Å². The average molecular weight is 268 g/mol. The summed E-state index contributed by atoms with van der Waals surface area (Å²) in [6.07, 6.45) is 1.68. The van der Waals surface area contributed by atoms with E-state index in [4.69, 9.17) is 16.3 Å². The lowest BCUT2D eigenvalue weighted by atomic mass is 10.1. The quantitative estimate of drug-likeness (QED) is 0.561. The Labute approximate surface area is 113 Å². The lowest BCUT2D eigenvalue weighted by Gasteiger charge is -2.23. The summed E-state index contributed by atoms with van der Waals surface area (Å²) in [5.74, 6) is -0.125. The highest BCUT2D eigenvalue weighted by atomic mass is 35.5. The van der Waals surface area contributed by atoms with Crippen LogP contribution in [0.25, 0.3) is 0 Å². The molecule has 0 saturated carbocycles. The highest BCUT2D eigenvalue weighted by molar-refractivity contribution is 6.30. The number of benzene rings is 1. The second kappa shape index (κ2) is 7.90. The van der Waals surface area contributed by atoms with Crippen molar-refractivity contribution in [1.29, 1.82) is 0 Å². The van der Waals surface area contributed by atoms with E-state index in [2.05, 4.69) is 6.58 Å². The van der Waals surface area contributed by atoms with Crippen molar-refractivity contribution in [1.82, 2.24) is 4.90 Å². The highest BCUT2D eigenvalue weighted by Crippen LogP contribution is 2.22. The van der Waals surface area contributed by atoms with Gasteiger partial charge in [-0.1, -0.05) is 36.4 Å². The van der Waals surface area contributed by atoms with E-state index in [9.17, 15) is 4.79 Å². The summed E-state index contributed by atoms with van der Waals surface area (Å²) in [7, 11) is 1.60. The zero-order valence-electron chi connectivity index (χ0n) is 10.5.